The van der Waals surface area contributed by atoms with Crippen molar-refractivity contribution in [2.45, 2.75) is 13.8 Å². The van der Waals surface area contributed by atoms with Crippen LogP contribution in [0.5, 0.6) is 0 Å². The maximum Gasteiger partial charge on any atom is 0.137 e. The Bertz CT molecular complexity index is 575. The molecule has 19 heavy (non-hydrogen) atoms. The Morgan fingerprint density at radius 1 is 1.37 bits per heavy atom. The molecule has 0 spiro atoms. The van der Waals surface area contributed by atoms with Crippen molar-refractivity contribution >= 4 is 16.7 Å². The number of anilines is 1. The standard InChI is InChI=1S/C15H19N3O/c1-11(2)9-19-8-7-16-15-14-12(3)5-4-6-13(14)17-10-18-15/h4-6,10H,1,7-9H2,2-3H3,(H,16,17,18). The minimum Gasteiger partial charge on any atom is -0.375 e. The van der Waals surface area contributed by atoms with Crippen LogP contribution in [0.25, 0.3) is 10.9 Å². The summed E-state index contributed by atoms with van der Waals surface area (Å²) in [7, 11) is 0. The van der Waals surface area contributed by atoms with Crippen molar-refractivity contribution in [3.8, 4) is 0 Å². The third-order valence-electron chi connectivity index (χ3n) is 2.76. The summed E-state index contributed by atoms with van der Waals surface area (Å²) >= 11 is 0. The van der Waals surface area contributed by atoms with Gasteiger partial charge in [0.2, 0.25) is 0 Å². The van der Waals surface area contributed by atoms with Crippen LogP contribution >= 0.6 is 0 Å². The first-order chi connectivity index (χ1) is 9.18. The fourth-order valence-electron chi connectivity index (χ4n) is 1.90. The maximum absolute atomic E-state index is 5.45. The molecule has 0 unspecified atom stereocenters. The molecule has 2 aromatic rings. The number of hydrogen-bond acceptors (Lipinski definition) is 4. The van der Waals surface area contributed by atoms with E-state index in [-0.39, 0.29) is 0 Å². The molecule has 0 radical (unpaired) electrons. The summed E-state index contributed by atoms with van der Waals surface area (Å²) in [6.45, 7) is 9.76. The molecule has 1 heterocycles. The first kappa shape index (κ1) is 13.5. The number of hydrogen-bond donors (Lipinski definition) is 1. The molecule has 1 aromatic heterocycles. The number of benzene rings is 1. The fraction of sp³-hybridized carbons (Fsp3) is 0.333. The zero-order valence-electron chi connectivity index (χ0n) is 11.4. The van der Waals surface area contributed by atoms with Gasteiger partial charge in [0.05, 0.1) is 18.7 Å². The van der Waals surface area contributed by atoms with E-state index >= 15 is 0 Å². The predicted molar refractivity (Wildman–Crippen MR) is 78.4 cm³/mol. The van der Waals surface area contributed by atoms with Crippen LogP contribution in [0.4, 0.5) is 5.82 Å². The topological polar surface area (TPSA) is 47.0 Å². The van der Waals surface area contributed by atoms with Gasteiger partial charge in [-0.05, 0) is 25.5 Å². The lowest BCUT2D eigenvalue weighted by atomic mass is 10.1. The maximum atomic E-state index is 5.45. The van der Waals surface area contributed by atoms with Gasteiger partial charge in [-0.1, -0.05) is 24.3 Å². The second-order valence-electron chi connectivity index (χ2n) is 4.63. The Balaban J connectivity index is 2.03. The number of aromatic nitrogens is 2. The predicted octanol–water partition coefficient (Wildman–Crippen LogP) is 2.94. The van der Waals surface area contributed by atoms with Crippen molar-refractivity contribution in [1.82, 2.24) is 9.97 Å². The van der Waals surface area contributed by atoms with Crippen molar-refractivity contribution in [1.29, 1.82) is 0 Å². The quantitative estimate of drug-likeness (QED) is 0.638. The highest BCUT2D eigenvalue weighted by atomic mass is 16.5. The Hall–Kier alpha value is -1.94. The lowest BCUT2D eigenvalue weighted by Crippen LogP contribution is -2.11. The van der Waals surface area contributed by atoms with Gasteiger partial charge in [0.15, 0.2) is 0 Å². The Labute approximate surface area is 113 Å². The van der Waals surface area contributed by atoms with Gasteiger partial charge in [-0.2, -0.15) is 0 Å². The molecule has 0 amide bonds. The van der Waals surface area contributed by atoms with Crippen LogP contribution in [0.15, 0.2) is 36.7 Å². The van der Waals surface area contributed by atoms with Gasteiger partial charge < -0.3 is 10.1 Å². The fourth-order valence-corrected chi connectivity index (χ4v) is 1.90. The number of ether oxygens (including phenoxy) is 1. The van der Waals surface area contributed by atoms with E-state index in [1.54, 1.807) is 6.33 Å². The van der Waals surface area contributed by atoms with Crippen LogP contribution in [0.3, 0.4) is 0 Å². The lowest BCUT2D eigenvalue weighted by Gasteiger charge is -2.10. The van der Waals surface area contributed by atoms with Gasteiger partial charge in [0, 0.05) is 11.9 Å². The van der Waals surface area contributed by atoms with E-state index in [9.17, 15) is 0 Å². The van der Waals surface area contributed by atoms with Gasteiger partial charge in [-0.25, -0.2) is 9.97 Å². The highest BCUT2D eigenvalue weighted by molar-refractivity contribution is 5.91. The summed E-state index contributed by atoms with van der Waals surface area (Å²) in [5.74, 6) is 0.863. The van der Waals surface area contributed by atoms with Crippen molar-refractivity contribution in [2.24, 2.45) is 0 Å². The summed E-state index contributed by atoms with van der Waals surface area (Å²) in [5, 5.41) is 4.37. The molecular formula is C15H19N3O. The summed E-state index contributed by atoms with van der Waals surface area (Å²) < 4.78 is 5.45. The van der Waals surface area contributed by atoms with E-state index in [0.717, 1.165) is 22.3 Å². The van der Waals surface area contributed by atoms with Crippen molar-refractivity contribution < 1.29 is 4.74 Å². The highest BCUT2D eigenvalue weighted by Crippen LogP contribution is 2.22. The number of rotatable bonds is 6. The minimum absolute atomic E-state index is 0.602. The second kappa shape index (κ2) is 6.29. The molecule has 1 N–H and O–H groups in total. The normalized spacial score (nSPS) is 10.6. The third kappa shape index (κ3) is 3.51. The van der Waals surface area contributed by atoms with Crippen LogP contribution in [-0.4, -0.2) is 29.7 Å². The zero-order chi connectivity index (χ0) is 13.7. The van der Waals surface area contributed by atoms with Crippen LogP contribution in [0.2, 0.25) is 0 Å². The van der Waals surface area contributed by atoms with Gasteiger partial charge in [-0.3, -0.25) is 0 Å². The smallest absolute Gasteiger partial charge is 0.137 e. The largest absolute Gasteiger partial charge is 0.375 e. The Morgan fingerprint density at radius 3 is 3.00 bits per heavy atom. The molecular weight excluding hydrogens is 238 g/mol. The molecule has 0 aliphatic carbocycles. The number of aryl methyl sites for hydroxylation is 1. The molecule has 0 saturated heterocycles. The van der Waals surface area contributed by atoms with Crippen molar-refractivity contribution in [3.63, 3.8) is 0 Å². The second-order valence-corrected chi connectivity index (χ2v) is 4.63. The van der Waals surface area contributed by atoms with E-state index in [0.29, 0.717) is 19.8 Å². The Morgan fingerprint density at radius 2 is 2.21 bits per heavy atom. The lowest BCUT2D eigenvalue weighted by molar-refractivity contribution is 0.167. The summed E-state index contributed by atoms with van der Waals surface area (Å²) in [5.41, 5.74) is 3.16. The van der Waals surface area contributed by atoms with Crippen LogP contribution in [0.1, 0.15) is 12.5 Å². The number of fused-ring (bicyclic) bond motifs is 1. The first-order valence-electron chi connectivity index (χ1n) is 6.35. The number of nitrogens with zero attached hydrogens (tertiary/aromatic N) is 2. The SMILES string of the molecule is C=C(C)COCCNc1ncnc2cccc(C)c12. The first-order valence-corrected chi connectivity index (χ1v) is 6.35. The summed E-state index contributed by atoms with van der Waals surface area (Å²) in [4.78, 5) is 8.58. The Kier molecular flexibility index (Phi) is 4.47. The van der Waals surface area contributed by atoms with Gasteiger partial charge >= 0.3 is 0 Å². The van der Waals surface area contributed by atoms with Gasteiger partial charge in [0.1, 0.15) is 12.1 Å². The molecule has 0 aliphatic heterocycles. The van der Waals surface area contributed by atoms with Crippen LogP contribution < -0.4 is 5.32 Å². The summed E-state index contributed by atoms with van der Waals surface area (Å²) in [6, 6.07) is 6.06. The number of nitrogens with one attached hydrogen (secondary N) is 1. The molecule has 0 bridgehead atoms. The van der Waals surface area contributed by atoms with E-state index in [2.05, 4.69) is 34.9 Å². The zero-order valence-corrected chi connectivity index (χ0v) is 11.4. The van der Waals surface area contributed by atoms with E-state index in [1.165, 1.54) is 5.56 Å². The third-order valence-corrected chi connectivity index (χ3v) is 2.76. The molecule has 1 aromatic carbocycles. The van der Waals surface area contributed by atoms with Crippen molar-refractivity contribution in [3.05, 3.63) is 42.2 Å². The molecule has 0 atom stereocenters. The molecule has 2 rings (SSSR count). The minimum atomic E-state index is 0.602. The van der Waals surface area contributed by atoms with Gasteiger partial charge in [-0.15, -0.1) is 0 Å². The average Bonchev–Trinajstić information content (AvgIpc) is 2.38. The van der Waals surface area contributed by atoms with Gasteiger partial charge in [0.25, 0.3) is 0 Å². The van der Waals surface area contributed by atoms with Crippen LogP contribution in [-0.2, 0) is 4.74 Å². The van der Waals surface area contributed by atoms with Crippen LogP contribution in [0, 0.1) is 6.92 Å². The highest BCUT2D eigenvalue weighted by Gasteiger charge is 2.05. The van der Waals surface area contributed by atoms with Crippen molar-refractivity contribution in [2.75, 3.05) is 25.1 Å². The molecule has 0 fully saturated rings. The monoisotopic (exact) mass is 257 g/mol. The molecule has 4 heteroatoms. The molecule has 100 valence electrons. The summed E-state index contributed by atoms with van der Waals surface area (Å²) in [6.07, 6.45) is 1.58. The average molecular weight is 257 g/mol. The van der Waals surface area contributed by atoms with E-state index in [4.69, 9.17) is 4.74 Å². The van der Waals surface area contributed by atoms with E-state index < -0.39 is 0 Å². The molecule has 0 saturated carbocycles. The molecule has 4 nitrogen and oxygen atoms in total. The molecule has 0 aliphatic rings. The van der Waals surface area contributed by atoms with E-state index in [1.807, 2.05) is 19.1 Å².